The summed E-state index contributed by atoms with van der Waals surface area (Å²) in [5, 5.41) is 0. The van der Waals surface area contributed by atoms with Crippen LogP contribution in [0.5, 0.6) is 0 Å². The van der Waals surface area contributed by atoms with Gasteiger partial charge in [-0.05, 0) is 30.4 Å². The van der Waals surface area contributed by atoms with E-state index < -0.39 is 6.11 Å². The lowest BCUT2D eigenvalue weighted by Crippen LogP contribution is -2.13. The zero-order chi connectivity index (χ0) is 9.19. The Bertz CT molecular complexity index is 308. The van der Waals surface area contributed by atoms with E-state index in [2.05, 4.69) is 16.2 Å². The summed E-state index contributed by atoms with van der Waals surface area (Å²) < 4.78 is 28.7. The molecule has 64 valence electrons. The molecule has 3 heteroatoms. The number of ether oxygens (including phenoxy) is 1. The monoisotopic (exact) mass is 170 g/mol. The van der Waals surface area contributed by atoms with Crippen LogP contribution in [0.2, 0.25) is 0 Å². The van der Waals surface area contributed by atoms with Crippen LogP contribution in [0.4, 0.5) is 8.78 Å². The van der Waals surface area contributed by atoms with Gasteiger partial charge >= 0.3 is 6.11 Å². The van der Waals surface area contributed by atoms with Gasteiger partial charge in [0.1, 0.15) is 0 Å². The van der Waals surface area contributed by atoms with Gasteiger partial charge in [0.2, 0.25) is 0 Å². The molecule has 0 saturated carbocycles. The van der Waals surface area contributed by atoms with E-state index in [0.717, 1.165) is 5.57 Å². The smallest absolute Gasteiger partial charge is 0.395 e. The zero-order valence-corrected chi connectivity index (χ0v) is 6.82. The molecule has 0 saturated heterocycles. The Hall–Kier alpha value is -1.30. The van der Waals surface area contributed by atoms with Crippen LogP contribution in [0.15, 0.2) is 34.9 Å². The zero-order valence-electron chi connectivity index (χ0n) is 6.82. The number of rotatable bonds is 2. The predicted molar refractivity (Wildman–Crippen MR) is 40.6 cm³/mol. The van der Waals surface area contributed by atoms with E-state index in [4.69, 9.17) is 0 Å². The molecule has 0 spiro atoms. The number of hydrogen-bond donors (Lipinski definition) is 0. The molecule has 0 atom stereocenters. The number of alkyl halides is 2. The third-order valence-corrected chi connectivity index (χ3v) is 1.16. The fraction of sp³-hybridized carbons (Fsp3) is 0.333. The molecule has 0 aromatic heterocycles. The maximum absolute atomic E-state index is 12.3. The van der Waals surface area contributed by atoms with Crippen LogP contribution >= 0.6 is 0 Å². The van der Waals surface area contributed by atoms with Gasteiger partial charge in [-0.1, -0.05) is 5.73 Å². The van der Waals surface area contributed by atoms with Crippen molar-refractivity contribution < 1.29 is 13.5 Å². The minimum absolute atomic E-state index is 0.00750. The molecule has 0 aromatic carbocycles. The summed E-state index contributed by atoms with van der Waals surface area (Å²) in [7, 11) is 0. The number of halogens is 2. The third-order valence-electron chi connectivity index (χ3n) is 1.16. The fourth-order valence-electron chi connectivity index (χ4n) is 0.697. The Kier molecular flexibility index (Phi) is 2.18. The molecule has 0 aromatic rings. The predicted octanol–water partition coefficient (Wildman–Crippen LogP) is 2.77. The average molecular weight is 170 g/mol. The average Bonchev–Trinajstić information content (AvgIpc) is 1.91. The highest BCUT2D eigenvalue weighted by Gasteiger charge is 2.23. The summed E-state index contributed by atoms with van der Waals surface area (Å²) >= 11 is 0. The largest absolute Gasteiger partial charge is 0.424 e. The van der Waals surface area contributed by atoms with E-state index in [-0.39, 0.29) is 5.76 Å². The van der Waals surface area contributed by atoms with E-state index in [9.17, 15) is 8.78 Å². The molecule has 1 rings (SSSR count). The van der Waals surface area contributed by atoms with E-state index >= 15 is 0 Å². The van der Waals surface area contributed by atoms with E-state index in [1.807, 2.05) is 0 Å². The minimum Gasteiger partial charge on any atom is -0.424 e. The summed E-state index contributed by atoms with van der Waals surface area (Å²) in [6.07, 6.45) is -0.0829. The molecule has 0 fully saturated rings. The molecule has 1 nitrogen and oxygen atoms in total. The molecule has 0 heterocycles. The molecule has 1 aliphatic carbocycles. The molecule has 0 unspecified atom stereocenters. The van der Waals surface area contributed by atoms with Crippen molar-refractivity contribution in [3.05, 3.63) is 34.9 Å². The quantitative estimate of drug-likeness (QED) is 0.579. The second-order valence-electron chi connectivity index (χ2n) is 2.54. The molecule has 0 amide bonds. The number of allylic oxidation sites excluding steroid dienone is 3. The van der Waals surface area contributed by atoms with Gasteiger partial charge < -0.3 is 4.74 Å². The van der Waals surface area contributed by atoms with E-state index in [1.54, 1.807) is 13.0 Å². The van der Waals surface area contributed by atoms with Crippen LogP contribution < -0.4 is 0 Å². The Balaban J connectivity index is 2.82. The van der Waals surface area contributed by atoms with Crippen LogP contribution in [0.1, 0.15) is 13.8 Å². The van der Waals surface area contributed by atoms with Crippen molar-refractivity contribution in [2.24, 2.45) is 0 Å². The lowest BCUT2D eigenvalue weighted by molar-refractivity contribution is -0.195. The van der Waals surface area contributed by atoms with Crippen molar-refractivity contribution in [1.82, 2.24) is 0 Å². The van der Waals surface area contributed by atoms with Gasteiger partial charge in [-0.3, -0.25) is 0 Å². The molecule has 0 aliphatic heterocycles. The second kappa shape index (κ2) is 2.98. The first-order valence-electron chi connectivity index (χ1n) is 3.45. The molecular formula is C9H8F2O. The van der Waals surface area contributed by atoms with Crippen LogP contribution in [0, 0.1) is 0 Å². The Morgan fingerprint density at radius 3 is 2.42 bits per heavy atom. The maximum Gasteiger partial charge on any atom is 0.395 e. The summed E-state index contributed by atoms with van der Waals surface area (Å²) in [6.45, 7) is 2.48. The van der Waals surface area contributed by atoms with Crippen molar-refractivity contribution in [2.75, 3.05) is 0 Å². The Morgan fingerprint density at radius 1 is 1.33 bits per heavy atom. The number of hydrogen-bond acceptors (Lipinski definition) is 1. The summed E-state index contributed by atoms with van der Waals surface area (Å²) in [5.41, 5.74) is 5.94. The van der Waals surface area contributed by atoms with Crippen molar-refractivity contribution >= 4 is 0 Å². The third kappa shape index (κ3) is 2.75. The molecule has 0 N–H and O–H groups in total. The first-order valence-corrected chi connectivity index (χ1v) is 3.45. The summed E-state index contributed by atoms with van der Waals surface area (Å²) in [6, 6.07) is 0. The normalized spacial score (nSPS) is 15.7. The lowest BCUT2D eigenvalue weighted by atomic mass is 10.2. The van der Waals surface area contributed by atoms with Gasteiger partial charge in [0, 0.05) is 6.92 Å². The SMILES string of the molecule is CC1=C=C=C(OC(C)(F)F)C=C1. The Labute approximate surface area is 69.3 Å². The highest BCUT2D eigenvalue weighted by atomic mass is 19.3. The summed E-state index contributed by atoms with van der Waals surface area (Å²) in [4.78, 5) is 0. The second-order valence-corrected chi connectivity index (χ2v) is 2.54. The van der Waals surface area contributed by atoms with Crippen LogP contribution in [-0.4, -0.2) is 6.11 Å². The van der Waals surface area contributed by atoms with E-state index in [0.29, 0.717) is 6.92 Å². The molecule has 12 heavy (non-hydrogen) atoms. The first kappa shape index (κ1) is 8.79. The fourth-order valence-corrected chi connectivity index (χ4v) is 0.697. The minimum atomic E-state index is -3.15. The Morgan fingerprint density at radius 2 is 2.00 bits per heavy atom. The van der Waals surface area contributed by atoms with Gasteiger partial charge in [-0.25, -0.2) is 0 Å². The van der Waals surface area contributed by atoms with Gasteiger partial charge in [0.05, 0.1) is 0 Å². The molecule has 1 aliphatic rings. The maximum atomic E-state index is 12.3. The van der Waals surface area contributed by atoms with Gasteiger partial charge in [-0.2, -0.15) is 8.78 Å². The highest BCUT2D eigenvalue weighted by Crippen LogP contribution is 2.19. The van der Waals surface area contributed by atoms with Crippen LogP contribution in [0.3, 0.4) is 0 Å². The van der Waals surface area contributed by atoms with Gasteiger partial charge in [0.25, 0.3) is 0 Å². The van der Waals surface area contributed by atoms with Crippen LogP contribution in [-0.2, 0) is 4.74 Å². The highest BCUT2D eigenvalue weighted by molar-refractivity contribution is 5.27. The lowest BCUT2D eigenvalue weighted by Gasteiger charge is -2.12. The molecule has 0 bridgehead atoms. The summed E-state index contributed by atoms with van der Waals surface area (Å²) in [5.74, 6) is 0.00750. The van der Waals surface area contributed by atoms with Crippen LogP contribution in [0.25, 0.3) is 0 Å². The van der Waals surface area contributed by atoms with Gasteiger partial charge in [-0.15, -0.1) is 0 Å². The van der Waals surface area contributed by atoms with Crippen molar-refractivity contribution in [2.45, 2.75) is 20.0 Å². The van der Waals surface area contributed by atoms with E-state index in [1.165, 1.54) is 6.08 Å². The molecule has 0 radical (unpaired) electrons. The topological polar surface area (TPSA) is 9.23 Å². The van der Waals surface area contributed by atoms with Crippen molar-refractivity contribution in [1.29, 1.82) is 0 Å². The van der Waals surface area contributed by atoms with Crippen molar-refractivity contribution in [3.8, 4) is 0 Å². The van der Waals surface area contributed by atoms with Crippen molar-refractivity contribution in [3.63, 3.8) is 0 Å². The standard InChI is InChI=1S/C9H8F2O/c1-7-3-5-8(6-4-7)12-9(2,10)11/h3,5H,1-2H3. The molecular weight excluding hydrogens is 162 g/mol. The van der Waals surface area contributed by atoms with Gasteiger partial charge in [0.15, 0.2) is 5.76 Å². The first-order chi connectivity index (χ1) is 5.47.